The molecule has 0 aliphatic carbocycles. The highest BCUT2D eigenvalue weighted by Crippen LogP contribution is 2.29. The molecule has 9 aromatic rings. The Bertz CT molecular complexity index is 3220. The van der Waals surface area contributed by atoms with Gasteiger partial charge in [0.15, 0.2) is 34.5 Å². The van der Waals surface area contributed by atoms with E-state index in [0.717, 1.165) is 142 Å². The van der Waals surface area contributed by atoms with Gasteiger partial charge in [-0.2, -0.15) is 0 Å². The Kier molecular flexibility index (Phi) is 28.0. The van der Waals surface area contributed by atoms with E-state index >= 15 is 0 Å². The van der Waals surface area contributed by atoms with E-state index in [1.807, 2.05) is 183 Å². The minimum Gasteiger partial charge on any atom is -0.488 e. The lowest BCUT2D eigenvalue weighted by atomic mass is 10.2. The fourth-order valence-electron chi connectivity index (χ4n) is 9.93. The summed E-state index contributed by atoms with van der Waals surface area (Å²) in [5, 5.41) is 2.29. The molecule has 0 bridgehead atoms. The van der Waals surface area contributed by atoms with Crippen LogP contribution in [0.1, 0.15) is 33.4 Å². The predicted molar refractivity (Wildman–Crippen MR) is 371 cm³/mol. The molecule has 0 saturated carbocycles. The largest absolute Gasteiger partial charge is 0.488 e. The van der Waals surface area contributed by atoms with E-state index in [-0.39, 0.29) is 0 Å². The molecule has 0 amide bonds. The molecule has 0 N–H and O–H groups in total. The Hall–Kier alpha value is -7.44. The van der Waals surface area contributed by atoms with Crippen LogP contribution in [-0.2, 0) is 50.0 Å². The number of pyridine rings is 6. The van der Waals surface area contributed by atoms with Gasteiger partial charge in [-0.25, -0.2) is 0 Å². The average molecular weight is 1450 g/mol. The molecule has 1 aliphatic rings. The maximum atomic E-state index is 6.46. The first-order chi connectivity index (χ1) is 45.9. The molecule has 0 atom stereocenters. The lowest BCUT2D eigenvalue weighted by Crippen LogP contribution is -2.39. The first-order valence-corrected chi connectivity index (χ1v) is 34.6. The number of ether oxygens (including phenoxy) is 9. The van der Waals surface area contributed by atoms with Gasteiger partial charge < -0.3 is 42.6 Å². The van der Waals surface area contributed by atoms with Crippen LogP contribution in [0.15, 0.2) is 183 Å². The highest BCUT2D eigenvalue weighted by molar-refractivity contribution is 9.09. The Balaban J connectivity index is 0.686. The molecule has 486 valence electrons. The van der Waals surface area contributed by atoms with Crippen molar-refractivity contribution in [3.8, 4) is 68.7 Å². The lowest BCUT2D eigenvalue weighted by Gasteiger charge is -2.26. The number of hydrogen-bond donors (Lipinski definition) is 0. The maximum absolute atomic E-state index is 6.46. The van der Waals surface area contributed by atoms with Crippen LogP contribution in [0.4, 0.5) is 0 Å². The second kappa shape index (κ2) is 38.1. The van der Waals surface area contributed by atoms with Crippen LogP contribution in [0.3, 0.4) is 0 Å². The summed E-state index contributed by atoms with van der Waals surface area (Å²) >= 11 is 10.4. The van der Waals surface area contributed by atoms with Crippen molar-refractivity contribution in [2.24, 2.45) is 0 Å². The summed E-state index contributed by atoms with van der Waals surface area (Å²) < 4.78 is 56.0. The number of rotatable bonds is 36. The normalized spacial score (nSPS) is 13.2. The Morgan fingerprint density at radius 2 is 0.473 bits per heavy atom. The van der Waals surface area contributed by atoms with Crippen molar-refractivity contribution in [1.29, 1.82) is 0 Å². The third-order valence-electron chi connectivity index (χ3n) is 15.2. The molecule has 10 rings (SSSR count). The highest BCUT2D eigenvalue weighted by atomic mass is 79.9. The van der Waals surface area contributed by atoms with Gasteiger partial charge in [0.05, 0.1) is 73.8 Å². The number of halogens is 3. The van der Waals surface area contributed by atoms with Gasteiger partial charge in [0.1, 0.15) is 39.6 Å². The van der Waals surface area contributed by atoms with Crippen molar-refractivity contribution < 1.29 is 42.6 Å². The number of nitrogens with zero attached hydrogens (tertiary/aromatic N) is 9. The summed E-state index contributed by atoms with van der Waals surface area (Å²) in [6, 6.07) is 47.5. The SMILES string of the molecule is BrCc1ccc(-c2ccc(COCCOc3ccccc3OCCN3CCN(CCOc4ccccc4OCCOCc4ccc(-c5ccc(CBr)cn5)nc4)CCN(CCOc4ccccc4OCCOCc4ccc(-c5ccc(CBr)cn5)nc4)CC3)cn2)nc1. The summed E-state index contributed by atoms with van der Waals surface area (Å²) in [7, 11) is 0. The number of para-hydroxylation sites is 6. The topological polar surface area (TPSA) is 170 Å². The first-order valence-electron chi connectivity index (χ1n) is 31.3. The van der Waals surface area contributed by atoms with Crippen molar-refractivity contribution in [2.45, 2.75) is 35.8 Å². The summed E-state index contributed by atoms with van der Waals surface area (Å²) in [6.45, 7) is 12.3. The van der Waals surface area contributed by atoms with Crippen LogP contribution < -0.4 is 28.4 Å². The van der Waals surface area contributed by atoms with Gasteiger partial charge in [-0.3, -0.25) is 44.6 Å². The quantitative estimate of drug-likeness (QED) is 0.0268. The highest BCUT2D eigenvalue weighted by Gasteiger charge is 2.19. The van der Waals surface area contributed by atoms with Crippen LogP contribution in [0, 0.1) is 0 Å². The average Bonchev–Trinajstić information content (AvgIpc) is 3.56. The van der Waals surface area contributed by atoms with Crippen LogP contribution in [0.5, 0.6) is 34.5 Å². The molecular formula is C72H78Br3N9O9. The monoisotopic (exact) mass is 1450 g/mol. The van der Waals surface area contributed by atoms with Gasteiger partial charge in [-0.15, -0.1) is 0 Å². The van der Waals surface area contributed by atoms with E-state index in [4.69, 9.17) is 42.6 Å². The van der Waals surface area contributed by atoms with Gasteiger partial charge in [-0.05, 0) is 106 Å². The van der Waals surface area contributed by atoms with Gasteiger partial charge in [0.2, 0.25) is 0 Å². The zero-order valence-electron chi connectivity index (χ0n) is 52.1. The van der Waals surface area contributed by atoms with Crippen LogP contribution >= 0.6 is 47.8 Å². The fourth-order valence-corrected chi connectivity index (χ4v) is 10.9. The zero-order chi connectivity index (χ0) is 63.9. The number of alkyl halides is 3. The van der Waals surface area contributed by atoms with Gasteiger partial charge >= 0.3 is 0 Å². The van der Waals surface area contributed by atoms with E-state index in [1.54, 1.807) is 0 Å². The molecule has 0 spiro atoms. The molecule has 1 aliphatic heterocycles. The van der Waals surface area contributed by atoms with Gasteiger partial charge in [0, 0.05) is 112 Å². The first kappa shape index (κ1) is 68.4. The number of aromatic nitrogens is 6. The molecule has 18 nitrogen and oxygen atoms in total. The van der Waals surface area contributed by atoms with E-state index in [1.165, 1.54) is 0 Å². The van der Waals surface area contributed by atoms with Crippen LogP contribution in [0.2, 0.25) is 0 Å². The minimum atomic E-state index is 0.367. The van der Waals surface area contributed by atoms with Crippen molar-refractivity contribution >= 4 is 47.8 Å². The van der Waals surface area contributed by atoms with Crippen molar-refractivity contribution in [3.63, 3.8) is 0 Å². The molecule has 93 heavy (non-hydrogen) atoms. The molecule has 7 heterocycles. The molecule has 1 saturated heterocycles. The summed E-state index contributed by atoms with van der Waals surface area (Å²) in [5.41, 5.74) is 11.2. The second-order valence-corrected chi connectivity index (χ2v) is 23.5. The van der Waals surface area contributed by atoms with Gasteiger partial charge in [0.25, 0.3) is 0 Å². The number of benzene rings is 3. The van der Waals surface area contributed by atoms with E-state index in [2.05, 4.69) is 92.4 Å². The smallest absolute Gasteiger partial charge is 0.161 e. The molecule has 0 unspecified atom stereocenters. The molecule has 6 aromatic heterocycles. The predicted octanol–water partition coefficient (Wildman–Crippen LogP) is 13.0. The van der Waals surface area contributed by atoms with Crippen molar-refractivity contribution in [2.75, 3.05) is 118 Å². The standard InChI is InChI=1S/C72H78Br3N9O9/c73-43-55-13-19-61(76-46-55)64-22-16-58(49-79-64)52-85-37-40-91-70-10-4-1-7-67(70)88-34-31-82-25-27-83(32-35-89-68-8-2-5-11-71(68)92-41-38-86-53-59-17-23-65(80-50-59)62-20-14-56(44-74)47-77-62)29-30-84(28-26-82)33-36-90-69-9-3-6-12-72(69)93-42-39-87-54-60-18-24-66(81-51-60)63-21-15-57(45-75)48-78-63/h1-24,46-51H,25-45,52-54H2. The van der Waals surface area contributed by atoms with Crippen LogP contribution in [-0.4, -0.2) is 163 Å². The summed E-state index contributed by atoms with van der Waals surface area (Å²) in [5.74, 6) is 4.11. The molecule has 21 heteroatoms. The minimum absolute atomic E-state index is 0.367. The molecular weight excluding hydrogens is 1370 g/mol. The van der Waals surface area contributed by atoms with E-state index in [9.17, 15) is 0 Å². The third kappa shape index (κ3) is 22.4. The maximum Gasteiger partial charge on any atom is 0.161 e. The number of hydrogen-bond acceptors (Lipinski definition) is 18. The molecule has 0 radical (unpaired) electrons. The van der Waals surface area contributed by atoms with E-state index < -0.39 is 0 Å². The molecule has 1 fully saturated rings. The molecule has 3 aromatic carbocycles. The lowest BCUT2D eigenvalue weighted by molar-refractivity contribution is 0.0870. The Morgan fingerprint density at radius 1 is 0.258 bits per heavy atom. The summed E-state index contributed by atoms with van der Waals surface area (Å²) in [6.07, 6.45) is 11.1. The van der Waals surface area contributed by atoms with Gasteiger partial charge in [-0.1, -0.05) is 121 Å². The van der Waals surface area contributed by atoms with Crippen molar-refractivity contribution in [3.05, 3.63) is 216 Å². The Morgan fingerprint density at radius 3 is 0.677 bits per heavy atom. The van der Waals surface area contributed by atoms with Crippen LogP contribution in [0.25, 0.3) is 34.2 Å². The third-order valence-corrected chi connectivity index (χ3v) is 17.1. The second-order valence-electron chi connectivity index (χ2n) is 21.8. The fraction of sp³-hybridized carbons (Fsp3) is 0.333. The van der Waals surface area contributed by atoms with Crippen molar-refractivity contribution in [1.82, 2.24) is 44.6 Å². The van der Waals surface area contributed by atoms with E-state index in [0.29, 0.717) is 114 Å². The summed E-state index contributed by atoms with van der Waals surface area (Å²) in [4.78, 5) is 34.8. The zero-order valence-corrected chi connectivity index (χ0v) is 56.9. The Labute approximate surface area is 570 Å².